The Kier molecular flexibility index (Phi) is 9.52. The molecule has 0 radical (unpaired) electrons. The second-order valence-corrected chi connectivity index (χ2v) is 4.09. The van der Waals surface area contributed by atoms with Crippen molar-refractivity contribution in [1.29, 1.82) is 0 Å². The van der Waals surface area contributed by atoms with Crippen molar-refractivity contribution in [2.75, 3.05) is 39.5 Å². The van der Waals surface area contributed by atoms with E-state index < -0.39 is 24.6 Å². The van der Waals surface area contributed by atoms with E-state index in [1.807, 2.05) is 0 Å². The van der Waals surface area contributed by atoms with Gasteiger partial charge in [-0.05, 0) is 13.8 Å². The molecule has 0 aromatic heterocycles. The topological polar surface area (TPSA) is 59.0 Å². The van der Waals surface area contributed by atoms with Crippen LogP contribution < -0.4 is 0 Å². The van der Waals surface area contributed by atoms with Gasteiger partial charge in [0.15, 0.2) is 0 Å². The fourth-order valence-electron chi connectivity index (χ4n) is 1.69. The number of hydrogen-bond donors (Lipinski definition) is 1. The molecule has 8 heteroatoms. The number of carboxylic acid groups (broad SMARTS) is 1. The van der Waals surface area contributed by atoms with Crippen LogP contribution in [0.3, 0.4) is 0 Å². The number of hydrogen-bond acceptors (Lipinski definition) is 4. The van der Waals surface area contributed by atoms with Gasteiger partial charge < -0.3 is 14.6 Å². The van der Waals surface area contributed by atoms with Crippen LogP contribution in [0.5, 0.6) is 0 Å². The Labute approximate surface area is 116 Å². The summed E-state index contributed by atoms with van der Waals surface area (Å²) in [4.78, 5) is 11.7. The van der Waals surface area contributed by atoms with Crippen molar-refractivity contribution < 1.29 is 32.5 Å². The van der Waals surface area contributed by atoms with E-state index in [2.05, 4.69) is 0 Å². The smallest absolute Gasteiger partial charge is 0.404 e. The zero-order valence-electron chi connectivity index (χ0n) is 11.8. The lowest BCUT2D eigenvalue weighted by molar-refractivity contribution is -0.193. The van der Waals surface area contributed by atoms with Crippen LogP contribution in [0.15, 0.2) is 0 Å². The maximum absolute atomic E-state index is 13.0. The van der Waals surface area contributed by atoms with Crippen molar-refractivity contribution >= 4 is 5.97 Å². The maximum atomic E-state index is 13.0. The molecule has 0 bridgehead atoms. The Hall–Kier alpha value is -0.860. The highest BCUT2D eigenvalue weighted by Gasteiger charge is 2.44. The van der Waals surface area contributed by atoms with Crippen molar-refractivity contribution in [2.24, 2.45) is 0 Å². The van der Waals surface area contributed by atoms with Gasteiger partial charge in [0.25, 0.3) is 0 Å². The van der Waals surface area contributed by atoms with Crippen molar-refractivity contribution in [3.8, 4) is 0 Å². The van der Waals surface area contributed by atoms with Gasteiger partial charge >= 0.3 is 12.1 Å². The minimum atomic E-state index is -4.60. The second kappa shape index (κ2) is 9.95. The van der Waals surface area contributed by atoms with Crippen molar-refractivity contribution in [1.82, 2.24) is 4.90 Å². The summed E-state index contributed by atoms with van der Waals surface area (Å²) < 4.78 is 49.0. The molecule has 1 atom stereocenters. The lowest BCUT2D eigenvalue weighted by atomic mass is 10.1. The zero-order valence-corrected chi connectivity index (χ0v) is 11.8. The molecule has 0 fully saturated rings. The summed E-state index contributed by atoms with van der Waals surface area (Å²) in [6.45, 7) is 4.54. The van der Waals surface area contributed by atoms with Crippen LogP contribution in [-0.4, -0.2) is 67.7 Å². The van der Waals surface area contributed by atoms with Crippen molar-refractivity contribution in [3.05, 3.63) is 0 Å². The van der Waals surface area contributed by atoms with E-state index in [1.165, 1.54) is 0 Å². The molecule has 1 N–H and O–H groups in total. The minimum absolute atomic E-state index is 0.0123. The van der Waals surface area contributed by atoms with Gasteiger partial charge in [-0.25, -0.2) is 0 Å². The molecule has 120 valence electrons. The third-order valence-electron chi connectivity index (χ3n) is 2.64. The number of rotatable bonds is 11. The van der Waals surface area contributed by atoms with Crippen LogP contribution in [0.25, 0.3) is 0 Å². The van der Waals surface area contributed by atoms with Crippen LogP contribution >= 0.6 is 0 Å². The average Bonchev–Trinajstić information content (AvgIpc) is 2.33. The van der Waals surface area contributed by atoms with Gasteiger partial charge in [0.05, 0.1) is 19.6 Å². The summed E-state index contributed by atoms with van der Waals surface area (Å²) in [6, 6.07) is -2.03. The van der Waals surface area contributed by atoms with E-state index in [0.717, 1.165) is 4.90 Å². The Morgan fingerprint density at radius 3 is 1.90 bits per heavy atom. The van der Waals surface area contributed by atoms with Crippen LogP contribution in [0.2, 0.25) is 0 Å². The normalized spacial score (nSPS) is 13.7. The molecule has 20 heavy (non-hydrogen) atoms. The molecule has 0 rings (SSSR count). The Balaban J connectivity index is 4.73. The van der Waals surface area contributed by atoms with Gasteiger partial charge in [-0.1, -0.05) is 0 Å². The van der Waals surface area contributed by atoms with Crippen LogP contribution in [0.4, 0.5) is 13.2 Å². The molecule has 0 aliphatic rings. The number of aliphatic carboxylic acids is 1. The number of alkyl halides is 3. The number of carboxylic acids is 1. The third kappa shape index (κ3) is 8.34. The van der Waals surface area contributed by atoms with Gasteiger partial charge in [-0.3, -0.25) is 9.69 Å². The fourth-order valence-corrected chi connectivity index (χ4v) is 1.69. The molecule has 1 unspecified atom stereocenters. The Bertz CT molecular complexity index is 264. The first-order chi connectivity index (χ1) is 9.32. The molecule has 0 heterocycles. The molecule has 0 aliphatic heterocycles. The largest absolute Gasteiger partial charge is 0.481 e. The first-order valence-electron chi connectivity index (χ1n) is 6.50. The van der Waals surface area contributed by atoms with E-state index >= 15 is 0 Å². The van der Waals surface area contributed by atoms with Crippen molar-refractivity contribution in [2.45, 2.75) is 32.5 Å². The van der Waals surface area contributed by atoms with E-state index in [-0.39, 0.29) is 26.3 Å². The molecule has 0 saturated heterocycles. The summed E-state index contributed by atoms with van der Waals surface area (Å²) in [6.07, 6.45) is -5.58. The maximum Gasteiger partial charge on any atom is 0.404 e. The average molecular weight is 301 g/mol. The highest BCUT2D eigenvalue weighted by atomic mass is 19.4. The molecule has 0 spiro atoms. The minimum Gasteiger partial charge on any atom is -0.481 e. The SMILES string of the molecule is CCOCCN(CCOCC)C(CC(=O)O)C(F)(F)F. The Morgan fingerprint density at radius 2 is 1.60 bits per heavy atom. The lowest BCUT2D eigenvalue weighted by Gasteiger charge is -2.32. The van der Waals surface area contributed by atoms with E-state index in [9.17, 15) is 18.0 Å². The standard InChI is InChI=1S/C12H22F3NO4/c1-3-19-7-5-16(6-8-20-4-2)10(9-11(17)18)12(13,14)15/h10H,3-9H2,1-2H3,(H,17,18). The van der Waals surface area contributed by atoms with Gasteiger partial charge in [-0.2, -0.15) is 13.2 Å². The predicted molar refractivity (Wildman–Crippen MR) is 66.7 cm³/mol. The predicted octanol–water partition coefficient (Wildman–Crippen LogP) is 1.77. The number of nitrogens with zero attached hydrogens (tertiary/aromatic N) is 1. The summed E-state index contributed by atoms with van der Waals surface area (Å²) in [5.74, 6) is -1.48. The van der Waals surface area contributed by atoms with Gasteiger partial charge in [-0.15, -0.1) is 0 Å². The number of halogens is 3. The van der Waals surface area contributed by atoms with Crippen LogP contribution in [0.1, 0.15) is 20.3 Å². The molecule has 0 amide bonds. The van der Waals surface area contributed by atoms with Gasteiger partial charge in [0, 0.05) is 26.3 Å². The third-order valence-corrected chi connectivity index (χ3v) is 2.64. The summed E-state index contributed by atoms with van der Waals surface area (Å²) in [5, 5.41) is 8.65. The van der Waals surface area contributed by atoms with Crippen molar-refractivity contribution in [3.63, 3.8) is 0 Å². The van der Waals surface area contributed by atoms with E-state index in [4.69, 9.17) is 14.6 Å². The second-order valence-electron chi connectivity index (χ2n) is 4.09. The van der Waals surface area contributed by atoms with E-state index in [0.29, 0.717) is 13.2 Å². The molecule has 0 aromatic rings. The lowest BCUT2D eigenvalue weighted by Crippen LogP contribution is -2.49. The quantitative estimate of drug-likeness (QED) is 0.589. The summed E-state index contributed by atoms with van der Waals surface area (Å²) in [7, 11) is 0. The van der Waals surface area contributed by atoms with E-state index in [1.54, 1.807) is 13.8 Å². The Morgan fingerprint density at radius 1 is 1.15 bits per heavy atom. The van der Waals surface area contributed by atoms with Gasteiger partial charge in [0.2, 0.25) is 0 Å². The fraction of sp³-hybridized carbons (Fsp3) is 0.917. The van der Waals surface area contributed by atoms with Crippen LogP contribution in [-0.2, 0) is 14.3 Å². The molecule has 5 nitrogen and oxygen atoms in total. The van der Waals surface area contributed by atoms with Crippen LogP contribution in [0, 0.1) is 0 Å². The highest BCUT2D eigenvalue weighted by Crippen LogP contribution is 2.27. The summed E-state index contributed by atoms with van der Waals surface area (Å²) >= 11 is 0. The first kappa shape index (κ1) is 19.1. The molecule has 0 aliphatic carbocycles. The summed E-state index contributed by atoms with van der Waals surface area (Å²) in [5.41, 5.74) is 0. The van der Waals surface area contributed by atoms with Gasteiger partial charge in [0.1, 0.15) is 6.04 Å². The number of carbonyl (C=O) groups is 1. The highest BCUT2D eigenvalue weighted by molar-refractivity contribution is 5.67. The molecule has 0 aromatic carbocycles. The zero-order chi connectivity index (χ0) is 15.6. The molecular weight excluding hydrogens is 279 g/mol. The molecular formula is C12H22F3NO4. The molecule has 0 saturated carbocycles. The monoisotopic (exact) mass is 301 g/mol. The number of ether oxygens (including phenoxy) is 2. The first-order valence-corrected chi connectivity index (χ1v) is 6.50.